The molecule has 43 heavy (non-hydrogen) atoms. The van der Waals surface area contributed by atoms with Gasteiger partial charge in [0.15, 0.2) is 4.80 Å². The molecule has 6 rings (SSSR count). The lowest BCUT2D eigenvalue weighted by atomic mass is 9.97. The number of rotatable bonds is 7. The standard InChI is InChI=1S/C33H27N3O5S2/c1-4-41-32(40)27-28(21-10-6-5-7-11-21)34-33-36(29(27)25-14-9-15-42-25)30(37)26(43-33)18-23-16-19(2)35(20(23)3)24-13-8-12-22(17-24)31(38)39/h5-18,29H,4H2,1-3H3,(H,38,39)/b26-18-/t29-/m1/s1. The number of thiophene rings is 1. The highest BCUT2D eigenvalue weighted by Crippen LogP contribution is 2.36. The van der Waals surface area contributed by atoms with Gasteiger partial charge in [-0.1, -0.05) is 53.8 Å². The molecule has 8 nitrogen and oxygen atoms in total. The number of esters is 1. The highest BCUT2D eigenvalue weighted by Gasteiger charge is 2.35. The van der Waals surface area contributed by atoms with Crippen molar-refractivity contribution in [3.63, 3.8) is 0 Å². The van der Waals surface area contributed by atoms with E-state index in [1.54, 1.807) is 29.7 Å². The Labute approximate surface area is 254 Å². The molecule has 0 radical (unpaired) electrons. The number of fused-ring (bicyclic) bond motifs is 1. The summed E-state index contributed by atoms with van der Waals surface area (Å²) in [6.07, 6.45) is 1.84. The quantitative estimate of drug-likeness (QED) is 0.259. The number of carboxylic acids is 1. The van der Waals surface area contributed by atoms with Crippen molar-refractivity contribution >= 4 is 46.4 Å². The number of thiazole rings is 1. The molecule has 0 bridgehead atoms. The Hall–Kier alpha value is -4.80. The molecule has 0 unspecified atom stereocenters. The fraction of sp³-hybridized carbons (Fsp3) is 0.152. The summed E-state index contributed by atoms with van der Waals surface area (Å²) in [5.74, 6) is -1.51. The lowest BCUT2D eigenvalue weighted by Gasteiger charge is -2.24. The number of hydrogen-bond acceptors (Lipinski definition) is 7. The van der Waals surface area contributed by atoms with Crippen LogP contribution in [0.3, 0.4) is 0 Å². The van der Waals surface area contributed by atoms with Gasteiger partial charge in [-0.25, -0.2) is 14.6 Å². The Morgan fingerprint density at radius 2 is 1.84 bits per heavy atom. The molecular formula is C33H27N3O5S2. The molecule has 5 aromatic rings. The summed E-state index contributed by atoms with van der Waals surface area (Å²) in [4.78, 5) is 45.4. The van der Waals surface area contributed by atoms with Crippen molar-refractivity contribution in [3.8, 4) is 5.69 Å². The van der Waals surface area contributed by atoms with Crippen LogP contribution in [0.4, 0.5) is 0 Å². The van der Waals surface area contributed by atoms with Crippen LogP contribution >= 0.6 is 22.7 Å². The zero-order chi connectivity index (χ0) is 30.2. The zero-order valence-electron chi connectivity index (χ0n) is 23.6. The Kier molecular flexibility index (Phi) is 7.55. The van der Waals surface area contributed by atoms with Gasteiger partial charge in [0.2, 0.25) is 0 Å². The average molecular weight is 610 g/mol. The molecule has 3 aromatic heterocycles. The van der Waals surface area contributed by atoms with Crippen LogP contribution < -0.4 is 14.9 Å². The van der Waals surface area contributed by atoms with Crippen molar-refractivity contribution in [3.05, 3.63) is 136 Å². The van der Waals surface area contributed by atoms with Crippen LogP contribution in [0.1, 0.15) is 50.7 Å². The summed E-state index contributed by atoms with van der Waals surface area (Å²) in [6.45, 7) is 5.82. The predicted molar refractivity (Wildman–Crippen MR) is 168 cm³/mol. The van der Waals surface area contributed by atoms with E-state index in [1.807, 2.05) is 84.5 Å². The van der Waals surface area contributed by atoms with E-state index in [9.17, 15) is 19.5 Å². The van der Waals surface area contributed by atoms with Gasteiger partial charge < -0.3 is 14.4 Å². The first-order valence-electron chi connectivity index (χ1n) is 13.6. The number of carbonyl (C=O) groups excluding carboxylic acids is 1. The van der Waals surface area contributed by atoms with Crippen LogP contribution in [0.2, 0.25) is 0 Å². The first kappa shape index (κ1) is 28.3. The largest absolute Gasteiger partial charge is 0.478 e. The first-order chi connectivity index (χ1) is 20.8. The predicted octanol–water partition coefficient (Wildman–Crippen LogP) is 5.10. The van der Waals surface area contributed by atoms with Gasteiger partial charge in [-0.15, -0.1) is 11.3 Å². The van der Waals surface area contributed by atoms with E-state index in [1.165, 1.54) is 22.7 Å². The summed E-state index contributed by atoms with van der Waals surface area (Å²) in [6, 6.07) is 21.3. The molecule has 0 aliphatic carbocycles. The summed E-state index contributed by atoms with van der Waals surface area (Å²) in [5.41, 5.74) is 4.81. The molecule has 0 spiro atoms. The van der Waals surface area contributed by atoms with E-state index in [2.05, 4.69) is 0 Å². The normalized spacial score (nSPS) is 14.9. The van der Waals surface area contributed by atoms with Crippen molar-refractivity contribution in [2.45, 2.75) is 26.8 Å². The maximum Gasteiger partial charge on any atom is 0.338 e. The number of hydrogen-bond donors (Lipinski definition) is 1. The number of ether oxygens (including phenoxy) is 1. The second kappa shape index (κ2) is 11.5. The van der Waals surface area contributed by atoms with Crippen molar-refractivity contribution < 1.29 is 19.4 Å². The van der Waals surface area contributed by atoms with Crippen LogP contribution in [0, 0.1) is 13.8 Å². The average Bonchev–Trinajstić information content (AvgIpc) is 3.71. The summed E-state index contributed by atoms with van der Waals surface area (Å²) in [7, 11) is 0. The number of carboxylic acid groups (broad SMARTS) is 1. The second-order valence-electron chi connectivity index (χ2n) is 9.96. The van der Waals surface area contributed by atoms with Gasteiger partial charge in [-0.3, -0.25) is 9.36 Å². The number of carbonyl (C=O) groups is 2. The SMILES string of the molecule is CCOC(=O)C1=C(c2ccccc2)N=c2s/c(=C\c3cc(C)n(-c4cccc(C(=O)O)c4)c3C)c(=O)n2[C@@H]1c1cccs1. The highest BCUT2D eigenvalue weighted by atomic mass is 32.1. The topological polar surface area (TPSA) is 103 Å². The Morgan fingerprint density at radius 1 is 1.05 bits per heavy atom. The number of aryl methyl sites for hydroxylation is 1. The molecule has 2 aromatic carbocycles. The van der Waals surface area contributed by atoms with Gasteiger partial charge in [-0.05, 0) is 68.1 Å². The molecule has 0 saturated carbocycles. The maximum absolute atomic E-state index is 14.1. The third-order valence-electron chi connectivity index (χ3n) is 7.29. The van der Waals surface area contributed by atoms with Gasteiger partial charge in [-0.2, -0.15) is 0 Å². The van der Waals surface area contributed by atoms with Crippen LogP contribution in [-0.4, -0.2) is 32.8 Å². The smallest absolute Gasteiger partial charge is 0.338 e. The number of aromatic carboxylic acids is 1. The molecule has 1 atom stereocenters. The van der Waals surface area contributed by atoms with Crippen molar-refractivity contribution in [2.24, 2.45) is 4.99 Å². The van der Waals surface area contributed by atoms with Crippen molar-refractivity contribution in [1.82, 2.24) is 9.13 Å². The fourth-order valence-electron chi connectivity index (χ4n) is 5.41. The zero-order valence-corrected chi connectivity index (χ0v) is 25.2. The number of aromatic nitrogens is 2. The Bertz CT molecular complexity index is 2080. The van der Waals surface area contributed by atoms with Gasteiger partial charge in [0.25, 0.3) is 5.56 Å². The minimum Gasteiger partial charge on any atom is -0.478 e. The van der Waals surface area contributed by atoms with Crippen molar-refractivity contribution in [1.29, 1.82) is 0 Å². The molecule has 216 valence electrons. The summed E-state index contributed by atoms with van der Waals surface area (Å²) < 4.78 is 9.54. The fourth-order valence-corrected chi connectivity index (χ4v) is 7.22. The lowest BCUT2D eigenvalue weighted by Crippen LogP contribution is -2.39. The third-order valence-corrected chi connectivity index (χ3v) is 9.20. The van der Waals surface area contributed by atoms with Gasteiger partial charge in [0, 0.05) is 27.5 Å². The summed E-state index contributed by atoms with van der Waals surface area (Å²) >= 11 is 2.73. The molecule has 1 N–H and O–H groups in total. The summed E-state index contributed by atoms with van der Waals surface area (Å²) in [5, 5.41) is 11.4. The molecule has 10 heteroatoms. The molecule has 1 aliphatic heterocycles. The second-order valence-corrected chi connectivity index (χ2v) is 12.0. The van der Waals surface area contributed by atoms with Crippen LogP contribution in [0.25, 0.3) is 17.5 Å². The van der Waals surface area contributed by atoms with Crippen LogP contribution in [0.5, 0.6) is 0 Å². The molecular weight excluding hydrogens is 583 g/mol. The minimum atomic E-state index is -0.997. The monoisotopic (exact) mass is 609 g/mol. The molecule has 0 fully saturated rings. The first-order valence-corrected chi connectivity index (χ1v) is 15.3. The number of nitrogens with zero attached hydrogens (tertiary/aromatic N) is 3. The van der Waals surface area contributed by atoms with E-state index in [0.717, 1.165) is 33.1 Å². The van der Waals surface area contributed by atoms with E-state index < -0.39 is 18.0 Å². The molecule has 1 aliphatic rings. The minimum absolute atomic E-state index is 0.191. The number of benzene rings is 2. The van der Waals surface area contributed by atoms with Crippen molar-refractivity contribution in [2.75, 3.05) is 6.61 Å². The van der Waals surface area contributed by atoms with Gasteiger partial charge >= 0.3 is 11.9 Å². The van der Waals surface area contributed by atoms with E-state index >= 15 is 0 Å². The molecule has 4 heterocycles. The Balaban J connectivity index is 1.56. The van der Waals surface area contributed by atoms with Crippen LogP contribution in [-0.2, 0) is 9.53 Å². The van der Waals surface area contributed by atoms with E-state index in [-0.39, 0.29) is 17.7 Å². The third kappa shape index (κ3) is 5.09. The van der Waals surface area contributed by atoms with E-state index in [4.69, 9.17) is 9.73 Å². The van der Waals surface area contributed by atoms with E-state index in [0.29, 0.717) is 20.6 Å². The van der Waals surface area contributed by atoms with Gasteiger partial charge in [0.1, 0.15) is 6.04 Å². The molecule has 0 saturated heterocycles. The molecule has 0 amide bonds. The Morgan fingerprint density at radius 3 is 2.53 bits per heavy atom. The lowest BCUT2D eigenvalue weighted by molar-refractivity contribution is -0.138. The maximum atomic E-state index is 14.1. The van der Waals surface area contributed by atoms with Crippen LogP contribution in [0.15, 0.2) is 93.5 Å². The highest BCUT2D eigenvalue weighted by molar-refractivity contribution is 7.10. The van der Waals surface area contributed by atoms with Gasteiger partial charge in [0.05, 0.1) is 28.0 Å².